The van der Waals surface area contributed by atoms with Crippen molar-refractivity contribution in [2.75, 3.05) is 0 Å². The van der Waals surface area contributed by atoms with Gasteiger partial charge in [0.2, 0.25) is 0 Å². The number of para-hydroxylation sites is 1. The third-order valence-corrected chi connectivity index (χ3v) is 3.94. The summed E-state index contributed by atoms with van der Waals surface area (Å²) in [5.41, 5.74) is 0.683. The first kappa shape index (κ1) is 17.1. The molecule has 0 amide bonds. The number of hydrogen-bond donors (Lipinski definition) is 0. The zero-order valence-electron chi connectivity index (χ0n) is 13.0. The quantitative estimate of drug-likeness (QED) is 0.331. The third kappa shape index (κ3) is 3.96. The van der Waals surface area contributed by atoms with Gasteiger partial charge in [-0.1, -0.05) is 39.0 Å². The topological polar surface area (TPSA) is 69.4 Å². The van der Waals surface area contributed by atoms with Crippen LogP contribution in [0.15, 0.2) is 46.9 Å². The van der Waals surface area contributed by atoms with Crippen molar-refractivity contribution in [2.24, 2.45) is 0 Å². The van der Waals surface area contributed by atoms with Gasteiger partial charge >= 0.3 is 5.97 Å². The SMILES string of the molecule is CC(C)(C)c1ccc(OC(=O)c2ccccc2[N+](=O)[O-])c(Br)c1. The van der Waals surface area contributed by atoms with E-state index < -0.39 is 10.9 Å². The molecular weight excluding hydrogens is 362 g/mol. The van der Waals surface area contributed by atoms with Crippen LogP contribution in [0.5, 0.6) is 5.75 Å². The van der Waals surface area contributed by atoms with Gasteiger partial charge in [0.05, 0.1) is 9.40 Å². The van der Waals surface area contributed by atoms with Crippen LogP contribution in [-0.2, 0) is 5.41 Å². The number of carbonyl (C=O) groups excluding carboxylic acids is 1. The van der Waals surface area contributed by atoms with E-state index in [0.717, 1.165) is 5.56 Å². The Balaban J connectivity index is 2.30. The maximum Gasteiger partial charge on any atom is 0.350 e. The maximum absolute atomic E-state index is 12.2. The zero-order chi connectivity index (χ0) is 17.2. The van der Waals surface area contributed by atoms with Crippen LogP contribution in [0.2, 0.25) is 0 Å². The molecule has 0 saturated heterocycles. The van der Waals surface area contributed by atoms with E-state index in [-0.39, 0.29) is 16.7 Å². The molecule has 6 heteroatoms. The van der Waals surface area contributed by atoms with Crippen LogP contribution in [-0.4, -0.2) is 10.9 Å². The highest BCUT2D eigenvalue weighted by Crippen LogP contribution is 2.32. The lowest BCUT2D eigenvalue weighted by atomic mass is 9.87. The summed E-state index contributed by atoms with van der Waals surface area (Å²) in [4.78, 5) is 22.6. The molecule has 0 aromatic heterocycles. The van der Waals surface area contributed by atoms with Crippen molar-refractivity contribution in [3.05, 3.63) is 68.2 Å². The average molecular weight is 378 g/mol. The fourth-order valence-corrected chi connectivity index (χ4v) is 2.47. The highest BCUT2D eigenvalue weighted by molar-refractivity contribution is 9.10. The van der Waals surface area contributed by atoms with E-state index in [1.165, 1.54) is 18.2 Å². The molecule has 0 radical (unpaired) electrons. The largest absolute Gasteiger partial charge is 0.422 e. The van der Waals surface area contributed by atoms with E-state index >= 15 is 0 Å². The number of halogens is 1. The van der Waals surface area contributed by atoms with Crippen LogP contribution < -0.4 is 4.74 Å². The molecule has 0 heterocycles. The standard InChI is InChI=1S/C17H16BrNO4/c1-17(2,3)11-8-9-15(13(18)10-11)23-16(20)12-6-4-5-7-14(12)19(21)22/h4-10H,1-3H3. The molecule has 0 bridgehead atoms. The highest BCUT2D eigenvalue weighted by atomic mass is 79.9. The summed E-state index contributed by atoms with van der Waals surface area (Å²) < 4.78 is 5.92. The second-order valence-corrected chi connectivity index (χ2v) is 6.91. The molecule has 0 aliphatic rings. The number of ether oxygens (including phenoxy) is 1. The first-order valence-corrected chi connectivity index (χ1v) is 7.75. The molecule has 0 saturated carbocycles. The summed E-state index contributed by atoms with van der Waals surface area (Å²) >= 11 is 3.38. The lowest BCUT2D eigenvalue weighted by Gasteiger charge is -2.20. The number of carbonyl (C=O) groups is 1. The van der Waals surface area contributed by atoms with Gasteiger partial charge in [-0.3, -0.25) is 10.1 Å². The molecule has 2 aromatic rings. The van der Waals surface area contributed by atoms with Crippen LogP contribution >= 0.6 is 15.9 Å². The molecule has 0 spiro atoms. The number of benzene rings is 2. The summed E-state index contributed by atoms with van der Waals surface area (Å²) in [5.74, 6) is -0.442. The number of rotatable bonds is 3. The molecule has 2 rings (SSSR count). The molecule has 0 N–H and O–H groups in total. The van der Waals surface area contributed by atoms with Crippen molar-refractivity contribution in [3.8, 4) is 5.75 Å². The second kappa shape index (κ2) is 6.50. The summed E-state index contributed by atoms with van der Waals surface area (Å²) in [6, 6.07) is 11.1. The predicted molar refractivity (Wildman–Crippen MR) is 90.9 cm³/mol. The van der Waals surface area contributed by atoms with E-state index in [9.17, 15) is 14.9 Å². The van der Waals surface area contributed by atoms with Crippen molar-refractivity contribution < 1.29 is 14.5 Å². The van der Waals surface area contributed by atoms with E-state index in [1.807, 2.05) is 12.1 Å². The normalized spacial score (nSPS) is 11.1. The molecular formula is C17H16BrNO4. The van der Waals surface area contributed by atoms with Gasteiger partial charge in [0.15, 0.2) is 0 Å². The smallest absolute Gasteiger partial charge is 0.350 e. The number of esters is 1. The first-order chi connectivity index (χ1) is 10.7. The highest BCUT2D eigenvalue weighted by Gasteiger charge is 2.22. The zero-order valence-corrected chi connectivity index (χ0v) is 14.6. The molecule has 0 aliphatic carbocycles. The van der Waals surface area contributed by atoms with Crippen LogP contribution in [0.1, 0.15) is 36.7 Å². The molecule has 0 aliphatic heterocycles. The molecule has 0 fully saturated rings. The van der Waals surface area contributed by atoms with Crippen molar-refractivity contribution >= 4 is 27.6 Å². The summed E-state index contributed by atoms with van der Waals surface area (Å²) in [6.07, 6.45) is 0. The number of nitro groups is 1. The lowest BCUT2D eigenvalue weighted by molar-refractivity contribution is -0.385. The minimum atomic E-state index is -0.762. The Hall–Kier alpha value is -2.21. The van der Waals surface area contributed by atoms with Crippen LogP contribution in [0, 0.1) is 10.1 Å². The molecule has 2 aromatic carbocycles. The van der Waals surface area contributed by atoms with Crippen LogP contribution in [0.25, 0.3) is 0 Å². The number of hydrogen-bond acceptors (Lipinski definition) is 4. The van der Waals surface area contributed by atoms with Gasteiger partial charge in [-0.15, -0.1) is 0 Å². The van der Waals surface area contributed by atoms with Crippen molar-refractivity contribution in [3.63, 3.8) is 0 Å². The minimum absolute atomic E-state index is 0.0384. The Morgan fingerprint density at radius 2 is 1.83 bits per heavy atom. The third-order valence-electron chi connectivity index (χ3n) is 3.32. The Bertz CT molecular complexity index is 765. The molecule has 23 heavy (non-hydrogen) atoms. The van der Waals surface area contributed by atoms with Crippen LogP contribution in [0.3, 0.4) is 0 Å². The Morgan fingerprint density at radius 1 is 1.17 bits per heavy atom. The van der Waals surface area contributed by atoms with E-state index in [1.54, 1.807) is 12.1 Å². The Kier molecular flexibility index (Phi) is 4.85. The van der Waals surface area contributed by atoms with Crippen molar-refractivity contribution in [1.82, 2.24) is 0 Å². The molecule has 0 atom stereocenters. The van der Waals surface area contributed by atoms with Crippen LogP contribution in [0.4, 0.5) is 5.69 Å². The van der Waals surface area contributed by atoms with Crippen molar-refractivity contribution in [1.29, 1.82) is 0 Å². The average Bonchev–Trinajstić information content (AvgIpc) is 2.48. The molecule has 120 valence electrons. The predicted octanol–water partition coefficient (Wildman–Crippen LogP) is 4.87. The summed E-state index contributed by atoms with van der Waals surface area (Å²) in [7, 11) is 0. The fourth-order valence-electron chi connectivity index (χ4n) is 2.01. The Morgan fingerprint density at radius 3 is 2.39 bits per heavy atom. The number of nitro benzene ring substituents is 1. The fraction of sp³-hybridized carbons (Fsp3) is 0.235. The minimum Gasteiger partial charge on any atom is -0.422 e. The van der Waals surface area contributed by atoms with Gasteiger partial charge in [0.25, 0.3) is 5.69 Å². The molecule has 5 nitrogen and oxygen atoms in total. The Labute approximate surface area is 142 Å². The van der Waals surface area contributed by atoms with E-state index in [4.69, 9.17) is 4.74 Å². The summed E-state index contributed by atoms with van der Waals surface area (Å²) in [5, 5.41) is 11.0. The first-order valence-electron chi connectivity index (χ1n) is 6.96. The van der Waals surface area contributed by atoms with Gasteiger partial charge in [-0.25, -0.2) is 4.79 Å². The second-order valence-electron chi connectivity index (χ2n) is 6.06. The maximum atomic E-state index is 12.2. The van der Waals surface area contributed by atoms with Gasteiger partial charge in [-0.05, 0) is 45.1 Å². The van der Waals surface area contributed by atoms with Gasteiger partial charge in [0.1, 0.15) is 11.3 Å². The number of nitrogens with zero attached hydrogens (tertiary/aromatic N) is 1. The molecule has 0 unspecified atom stereocenters. The van der Waals surface area contributed by atoms with E-state index in [0.29, 0.717) is 10.2 Å². The van der Waals surface area contributed by atoms with Gasteiger partial charge in [0, 0.05) is 6.07 Å². The van der Waals surface area contributed by atoms with Crippen molar-refractivity contribution in [2.45, 2.75) is 26.2 Å². The van der Waals surface area contributed by atoms with Gasteiger partial charge < -0.3 is 4.74 Å². The monoisotopic (exact) mass is 377 g/mol. The van der Waals surface area contributed by atoms with E-state index in [2.05, 4.69) is 36.7 Å². The van der Waals surface area contributed by atoms with Gasteiger partial charge in [-0.2, -0.15) is 0 Å². The lowest BCUT2D eigenvalue weighted by Crippen LogP contribution is -2.13. The summed E-state index contributed by atoms with van der Waals surface area (Å²) in [6.45, 7) is 6.23.